The molecule has 2 aromatic rings. The van der Waals surface area contributed by atoms with E-state index in [0.717, 1.165) is 43.6 Å². The van der Waals surface area contributed by atoms with Crippen LogP contribution in [0.15, 0.2) is 42.5 Å². The van der Waals surface area contributed by atoms with Crippen LogP contribution < -0.4 is 4.90 Å². The SMILES string of the molecule is C[C@@H]1Cc2ccccc2N1C(=O)[C@H]1CCCN(Cc2c(Cl)cccc2Cl)C1. The van der Waals surface area contributed by atoms with Crippen molar-refractivity contribution in [1.82, 2.24) is 4.90 Å². The van der Waals surface area contributed by atoms with E-state index in [-0.39, 0.29) is 17.9 Å². The molecule has 4 rings (SSSR count). The number of halogens is 2. The summed E-state index contributed by atoms with van der Waals surface area (Å²) in [5.41, 5.74) is 3.31. The summed E-state index contributed by atoms with van der Waals surface area (Å²) in [6.07, 6.45) is 2.90. The predicted octanol–water partition coefficient (Wildman–Crippen LogP) is 5.18. The number of carbonyl (C=O) groups is 1. The molecule has 142 valence electrons. The lowest BCUT2D eigenvalue weighted by molar-refractivity contribution is -0.124. The first kappa shape index (κ1) is 18.8. The number of hydrogen-bond donors (Lipinski definition) is 0. The summed E-state index contributed by atoms with van der Waals surface area (Å²) in [5, 5.41) is 1.39. The summed E-state index contributed by atoms with van der Waals surface area (Å²) in [6, 6.07) is 14.1. The van der Waals surface area contributed by atoms with Gasteiger partial charge in [-0.1, -0.05) is 47.5 Å². The number of nitrogens with zero attached hydrogens (tertiary/aromatic N) is 2. The van der Waals surface area contributed by atoms with Crippen LogP contribution in [0.3, 0.4) is 0 Å². The van der Waals surface area contributed by atoms with Gasteiger partial charge in [-0.2, -0.15) is 0 Å². The highest BCUT2D eigenvalue weighted by molar-refractivity contribution is 6.35. The molecule has 5 heteroatoms. The Morgan fingerprint density at radius 1 is 1.11 bits per heavy atom. The lowest BCUT2D eigenvalue weighted by Crippen LogP contribution is -2.46. The molecule has 0 N–H and O–H groups in total. The third-order valence-electron chi connectivity index (χ3n) is 5.74. The Hall–Kier alpha value is -1.55. The molecule has 1 amide bonds. The van der Waals surface area contributed by atoms with Crippen LogP contribution in [-0.2, 0) is 17.8 Å². The standard InChI is InChI=1S/C22H24Cl2N2O/c1-15-12-16-6-2-3-10-21(16)26(15)22(27)17-7-5-11-25(13-17)14-18-19(23)8-4-9-20(18)24/h2-4,6,8-10,15,17H,5,7,11-14H2,1H3/t15-,17+/m1/s1. The number of piperidine rings is 1. The van der Waals surface area contributed by atoms with Crippen molar-refractivity contribution in [2.75, 3.05) is 18.0 Å². The number of fused-ring (bicyclic) bond motifs is 1. The summed E-state index contributed by atoms with van der Waals surface area (Å²) in [6.45, 7) is 4.56. The van der Waals surface area contributed by atoms with E-state index < -0.39 is 0 Å². The number of benzene rings is 2. The molecule has 0 aliphatic carbocycles. The fourth-order valence-electron chi connectivity index (χ4n) is 4.41. The van der Waals surface area contributed by atoms with E-state index in [0.29, 0.717) is 16.6 Å². The van der Waals surface area contributed by atoms with Gasteiger partial charge in [-0.3, -0.25) is 9.69 Å². The number of rotatable bonds is 3. The molecule has 2 heterocycles. The molecule has 2 aromatic carbocycles. The molecular formula is C22H24Cl2N2O. The maximum atomic E-state index is 13.4. The fourth-order valence-corrected chi connectivity index (χ4v) is 4.92. The zero-order valence-corrected chi connectivity index (χ0v) is 17.0. The van der Waals surface area contributed by atoms with Crippen LogP contribution in [0.4, 0.5) is 5.69 Å². The Kier molecular flexibility index (Phi) is 5.45. The van der Waals surface area contributed by atoms with E-state index in [1.54, 1.807) is 0 Å². The summed E-state index contributed by atoms with van der Waals surface area (Å²) in [5.74, 6) is 0.274. The van der Waals surface area contributed by atoms with Gasteiger partial charge in [0.2, 0.25) is 5.91 Å². The van der Waals surface area contributed by atoms with Gasteiger partial charge in [0.1, 0.15) is 0 Å². The van der Waals surface area contributed by atoms with Crippen molar-refractivity contribution in [2.24, 2.45) is 5.92 Å². The second-order valence-electron chi connectivity index (χ2n) is 7.66. The van der Waals surface area contributed by atoms with Crippen molar-refractivity contribution in [2.45, 2.75) is 38.8 Å². The topological polar surface area (TPSA) is 23.6 Å². The lowest BCUT2D eigenvalue weighted by Gasteiger charge is -2.35. The lowest BCUT2D eigenvalue weighted by atomic mass is 9.95. The highest BCUT2D eigenvalue weighted by Gasteiger charge is 2.36. The third kappa shape index (κ3) is 3.73. The van der Waals surface area contributed by atoms with Crippen LogP contribution in [0, 0.1) is 5.92 Å². The maximum Gasteiger partial charge on any atom is 0.231 e. The Bertz CT molecular complexity index is 834. The Labute approximate surface area is 170 Å². The third-order valence-corrected chi connectivity index (χ3v) is 6.45. The second-order valence-corrected chi connectivity index (χ2v) is 8.48. The predicted molar refractivity (Wildman–Crippen MR) is 112 cm³/mol. The van der Waals surface area contributed by atoms with Gasteiger partial charge >= 0.3 is 0 Å². The maximum absolute atomic E-state index is 13.4. The number of anilines is 1. The van der Waals surface area contributed by atoms with Crippen LogP contribution in [0.1, 0.15) is 30.9 Å². The van der Waals surface area contributed by atoms with Crippen molar-refractivity contribution in [3.8, 4) is 0 Å². The van der Waals surface area contributed by atoms with Gasteiger partial charge < -0.3 is 4.90 Å². The highest BCUT2D eigenvalue weighted by Crippen LogP contribution is 2.35. The summed E-state index contributed by atoms with van der Waals surface area (Å²) in [4.78, 5) is 17.7. The first-order valence-electron chi connectivity index (χ1n) is 9.61. The van der Waals surface area contributed by atoms with Crippen molar-refractivity contribution in [3.05, 3.63) is 63.6 Å². The van der Waals surface area contributed by atoms with E-state index in [1.807, 2.05) is 29.2 Å². The first-order chi connectivity index (χ1) is 13.0. The molecule has 0 unspecified atom stereocenters. The molecule has 0 radical (unpaired) electrons. The van der Waals surface area contributed by atoms with Crippen LogP contribution in [0.5, 0.6) is 0 Å². The van der Waals surface area contributed by atoms with Gasteiger partial charge in [0, 0.05) is 40.4 Å². The van der Waals surface area contributed by atoms with Gasteiger partial charge in [0.15, 0.2) is 0 Å². The molecule has 3 nitrogen and oxygen atoms in total. The van der Waals surface area contributed by atoms with Crippen molar-refractivity contribution in [3.63, 3.8) is 0 Å². The van der Waals surface area contributed by atoms with Crippen LogP contribution in [0.25, 0.3) is 0 Å². The number of para-hydroxylation sites is 1. The van der Waals surface area contributed by atoms with E-state index >= 15 is 0 Å². The number of likely N-dealkylation sites (tertiary alicyclic amines) is 1. The van der Waals surface area contributed by atoms with Crippen LogP contribution in [-0.4, -0.2) is 29.9 Å². The quantitative estimate of drug-likeness (QED) is 0.705. The van der Waals surface area contributed by atoms with Gasteiger partial charge in [0.25, 0.3) is 0 Å². The molecule has 2 aliphatic rings. The minimum absolute atomic E-state index is 0.0219. The fraction of sp³-hybridized carbons (Fsp3) is 0.409. The Balaban J connectivity index is 1.49. The van der Waals surface area contributed by atoms with Gasteiger partial charge in [-0.15, -0.1) is 0 Å². The first-order valence-corrected chi connectivity index (χ1v) is 10.4. The van der Waals surface area contributed by atoms with E-state index in [1.165, 1.54) is 5.56 Å². The molecule has 0 spiro atoms. The molecule has 0 aromatic heterocycles. The van der Waals surface area contributed by atoms with Crippen molar-refractivity contribution in [1.29, 1.82) is 0 Å². The molecule has 1 fully saturated rings. The highest BCUT2D eigenvalue weighted by atomic mass is 35.5. The molecule has 0 bridgehead atoms. The minimum Gasteiger partial charge on any atom is -0.309 e. The normalized spacial score (nSPS) is 22.7. The molecular weight excluding hydrogens is 379 g/mol. The molecule has 2 atom stereocenters. The van der Waals surface area contributed by atoms with E-state index in [2.05, 4.69) is 30.0 Å². The average molecular weight is 403 g/mol. The summed E-state index contributed by atoms with van der Waals surface area (Å²) < 4.78 is 0. The minimum atomic E-state index is 0.0219. The molecule has 1 saturated heterocycles. The van der Waals surface area contributed by atoms with Gasteiger partial charge in [0.05, 0.1) is 5.92 Å². The van der Waals surface area contributed by atoms with Crippen molar-refractivity contribution < 1.29 is 4.79 Å². The largest absolute Gasteiger partial charge is 0.309 e. The van der Waals surface area contributed by atoms with Crippen LogP contribution >= 0.6 is 23.2 Å². The second kappa shape index (κ2) is 7.83. The molecule has 0 saturated carbocycles. The smallest absolute Gasteiger partial charge is 0.231 e. The number of carbonyl (C=O) groups excluding carboxylic acids is 1. The van der Waals surface area contributed by atoms with E-state index in [9.17, 15) is 4.79 Å². The Morgan fingerprint density at radius 3 is 2.63 bits per heavy atom. The Morgan fingerprint density at radius 2 is 1.85 bits per heavy atom. The van der Waals surface area contributed by atoms with Crippen LogP contribution in [0.2, 0.25) is 10.0 Å². The number of hydrogen-bond acceptors (Lipinski definition) is 2. The monoisotopic (exact) mass is 402 g/mol. The zero-order valence-electron chi connectivity index (χ0n) is 15.5. The van der Waals surface area contributed by atoms with E-state index in [4.69, 9.17) is 23.2 Å². The number of amides is 1. The zero-order chi connectivity index (χ0) is 19.0. The molecule has 2 aliphatic heterocycles. The average Bonchev–Trinajstić information content (AvgIpc) is 3.00. The summed E-state index contributed by atoms with van der Waals surface area (Å²) >= 11 is 12.7. The van der Waals surface area contributed by atoms with Gasteiger partial charge in [-0.05, 0) is 56.5 Å². The molecule has 27 heavy (non-hydrogen) atoms. The van der Waals surface area contributed by atoms with Gasteiger partial charge in [-0.25, -0.2) is 0 Å². The summed E-state index contributed by atoms with van der Waals surface area (Å²) in [7, 11) is 0. The van der Waals surface area contributed by atoms with Crippen molar-refractivity contribution >= 4 is 34.8 Å².